The molecule has 3 heterocycles. The molecule has 31 heavy (non-hydrogen) atoms. The van der Waals surface area contributed by atoms with Crippen molar-refractivity contribution >= 4 is 44.7 Å². The van der Waals surface area contributed by atoms with Crippen LogP contribution in [-0.4, -0.2) is 41.5 Å². The van der Waals surface area contributed by atoms with E-state index in [4.69, 9.17) is 11.6 Å². The zero-order valence-corrected chi connectivity index (χ0v) is 18.9. The van der Waals surface area contributed by atoms with Gasteiger partial charge in [-0.15, -0.1) is 11.3 Å². The summed E-state index contributed by atoms with van der Waals surface area (Å²) in [6, 6.07) is 4.16. The summed E-state index contributed by atoms with van der Waals surface area (Å²) in [5.41, 5.74) is 2.13. The van der Waals surface area contributed by atoms with Crippen LogP contribution in [-0.2, 0) is 22.1 Å². The highest BCUT2D eigenvalue weighted by atomic mass is 35.5. The molecule has 12 heteroatoms. The van der Waals surface area contributed by atoms with E-state index < -0.39 is 34.0 Å². The minimum atomic E-state index is -3.88. The van der Waals surface area contributed by atoms with E-state index in [0.29, 0.717) is 0 Å². The lowest BCUT2D eigenvalue weighted by atomic mass is 10.0. The Balaban J connectivity index is 1.57. The van der Waals surface area contributed by atoms with Crippen molar-refractivity contribution in [3.8, 4) is 11.1 Å². The summed E-state index contributed by atoms with van der Waals surface area (Å²) >= 11 is 7.18. The molecule has 1 aromatic carbocycles. The van der Waals surface area contributed by atoms with E-state index in [1.54, 1.807) is 10.9 Å². The second-order valence-electron chi connectivity index (χ2n) is 7.20. The molecule has 0 aliphatic carbocycles. The maximum Gasteiger partial charge on any atom is 0.280 e. The van der Waals surface area contributed by atoms with Crippen molar-refractivity contribution < 1.29 is 17.6 Å². The lowest BCUT2D eigenvalue weighted by molar-refractivity contribution is -0.120. The minimum Gasteiger partial charge on any atom is -0.325 e. The molecule has 164 valence electrons. The summed E-state index contributed by atoms with van der Waals surface area (Å²) in [5, 5.41) is 8.56. The molecule has 0 radical (unpaired) electrons. The molecule has 1 aliphatic rings. The van der Waals surface area contributed by atoms with E-state index >= 15 is 0 Å². The number of carbonyl (C=O) groups excluding carboxylic acids is 1. The Hall–Kier alpha value is -2.31. The van der Waals surface area contributed by atoms with Crippen molar-refractivity contribution in [2.45, 2.75) is 18.5 Å². The Kier molecular flexibility index (Phi) is 5.88. The molecule has 1 amide bonds. The first-order chi connectivity index (χ1) is 14.6. The third kappa shape index (κ3) is 4.51. The Morgan fingerprint density at radius 2 is 2.10 bits per heavy atom. The Morgan fingerprint density at radius 1 is 1.32 bits per heavy atom. The number of rotatable bonds is 4. The van der Waals surface area contributed by atoms with Crippen LogP contribution in [0.2, 0.25) is 5.02 Å². The van der Waals surface area contributed by atoms with Gasteiger partial charge in [0.15, 0.2) is 0 Å². The first kappa shape index (κ1) is 21.9. The topological polar surface area (TPSA) is 96.3 Å². The monoisotopic (exact) mass is 483 g/mol. The first-order valence-corrected chi connectivity index (χ1v) is 11.9. The van der Waals surface area contributed by atoms with Gasteiger partial charge in [-0.1, -0.05) is 11.6 Å². The number of aromatic nitrogens is 2. The molecule has 1 fully saturated rings. The van der Waals surface area contributed by atoms with Gasteiger partial charge in [-0.3, -0.25) is 9.48 Å². The van der Waals surface area contributed by atoms with Gasteiger partial charge in [0, 0.05) is 36.4 Å². The fourth-order valence-electron chi connectivity index (χ4n) is 3.35. The average molecular weight is 484 g/mol. The number of hydrogen-bond donors (Lipinski definition) is 2. The van der Waals surface area contributed by atoms with Gasteiger partial charge in [-0.05, 0) is 41.6 Å². The number of likely N-dealkylation sites (N-methyl/N-ethyl adjacent to an activating group) is 1. The van der Waals surface area contributed by atoms with Crippen LogP contribution in [0.5, 0.6) is 0 Å². The zero-order chi connectivity index (χ0) is 22.3. The zero-order valence-electron chi connectivity index (χ0n) is 16.5. The highest BCUT2D eigenvalue weighted by molar-refractivity contribution is 7.87. The summed E-state index contributed by atoms with van der Waals surface area (Å²) in [5.74, 6) is -1.13. The Bertz CT molecular complexity index is 1240. The molecule has 2 N–H and O–H groups in total. The summed E-state index contributed by atoms with van der Waals surface area (Å²) in [4.78, 5) is 13.7. The van der Waals surface area contributed by atoms with Gasteiger partial charge in [0.25, 0.3) is 10.2 Å². The van der Waals surface area contributed by atoms with E-state index in [-0.39, 0.29) is 17.1 Å². The molecule has 4 rings (SSSR count). The van der Waals surface area contributed by atoms with Crippen LogP contribution in [0.4, 0.5) is 10.1 Å². The second kappa shape index (κ2) is 8.32. The standard InChI is InChI=1S/C19H19ClFN5O3S2/c1-25-9-12(8-22-25)11-5-18(30-10-11)16-7-17(26(2)31(28,29)24-16)19(27)23-13-3-4-15(21)14(20)6-13/h3-6,8-10,16-17,24H,7H2,1-2H3,(H,23,27)/t16-,17+/m1/s1. The van der Waals surface area contributed by atoms with Crippen molar-refractivity contribution in [3.63, 3.8) is 0 Å². The normalized spacial score (nSPS) is 21.2. The summed E-state index contributed by atoms with van der Waals surface area (Å²) in [6.45, 7) is 0. The third-order valence-corrected chi connectivity index (χ3v) is 7.99. The molecule has 2 atom stereocenters. The van der Waals surface area contributed by atoms with Gasteiger partial charge < -0.3 is 5.32 Å². The molecule has 2 aromatic heterocycles. The van der Waals surface area contributed by atoms with Crippen LogP contribution in [0, 0.1) is 5.82 Å². The van der Waals surface area contributed by atoms with Gasteiger partial charge in [-0.2, -0.15) is 22.5 Å². The number of hydrogen-bond acceptors (Lipinski definition) is 5. The number of amides is 1. The molecular formula is C19H19ClFN5O3S2. The van der Waals surface area contributed by atoms with Crippen molar-refractivity contribution in [3.05, 3.63) is 57.8 Å². The molecule has 1 saturated heterocycles. The predicted octanol–water partition coefficient (Wildman–Crippen LogP) is 3.16. The number of halogens is 2. The molecule has 0 spiro atoms. The number of aryl methyl sites for hydroxylation is 1. The largest absolute Gasteiger partial charge is 0.325 e. The average Bonchev–Trinajstić information content (AvgIpc) is 3.35. The summed E-state index contributed by atoms with van der Waals surface area (Å²) < 4.78 is 44.0. The molecular weight excluding hydrogens is 465 g/mol. The highest BCUT2D eigenvalue weighted by Crippen LogP contribution is 2.35. The number of thiophene rings is 1. The third-order valence-electron chi connectivity index (χ3n) is 5.06. The Labute approximate surface area is 187 Å². The van der Waals surface area contributed by atoms with E-state index in [1.165, 1.54) is 30.5 Å². The maximum atomic E-state index is 13.4. The highest BCUT2D eigenvalue weighted by Gasteiger charge is 2.41. The fraction of sp³-hybridized carbons (Fsp3) is 0.263. The van der Waals surface area contributed by atoms with Crippen molar-refractivity contribution in [2.24, 2.45) is 7.05 Å². The molecule has 8 nitrogen and oxygen atoms in total. The van der Waals surface area contributed by atoms with Gasteiger partial charge in [0.05, 0.1) is 17.3 Å². The van der Waals surface area contributed by atoms with Crippen molar-refractivity contribution in [1.29, 1.82) is 0 Å². The summed E-state index contributed by atoms with van der Waals surface area (Å²) in [7, 11) is -0.723. The van der Waals surface area contributed by atoms with Crippen LogP contribution in [0.25, 0.3) is 11.1 Å². The van der Waals surface area contributed by atoms with Gasteiger partial charge >= 0.3 is 0 Å². The van der Waals surface area contributed by atoms with Crippen molar-refractivity contribution in [1.82, 2.24) is 18.8 Å². The van der Waals surface area contributed by atoms with Crippen LogP contribution >= 0.6 is 22.9 Å². The smallest absolute Gasteiger partial charge is 0.280 e. The summed E-state index contributed by atoms with van der Waals surface area (Å²) in [6.07, 6.45) is 3.83. The quantitative estimate of drug-likeness (QED) is 0.595. The van der Waals surface area contributed by atoms with E-state index in [0.717, 1.165) is 26.4 Å². The number of anilines is 1. The first-order valence-electron chi connectivity index (χ1n) is 9.22. The van der Waals surface area contributed by atoms with Gasteiger partial charge in [0.1, 0.15) is 11.9 Å². The predicted molar refractivity (Wildman–Crippen MR) is 118 cm³/mol. The lowest BCUT2D eigenvalue weighted by Crippen LogP contribution is -2.55. The van der Waals surface area contributed by atoms with Crippen LogP contribution in [0.1, 0.15) is 17.3 Å². The molecule has 3 aromatic rings. The van der Waals surface area contributed by atoms with Gasteiger partial charge in [0.2, 0.25) is 5.91 Å². The Morgan fingerprint density at radius 3 is 2.77 bits per heavy atom. The van der Waals surface area contributed by atoms with Crippen LogP contribution in [0.15, 0.2) is 42.0 Å². The number of nitrogens with one attached hydrogen (secondary N) is 2. The minimum absolute atomic E-state index is 0.136. The molecule has 0 saturated carbocycles. The fourth-order valence-corrected chi connectivity index (χ4v) is 5.86. The molecule has 0 unspecified atom stereocenters. The number of carbonyl (C=O) groups is 1. The molecule has 0 bridgehead atoms. The lowest BCUT2D eigenvalue weighted by Gasteiger charge is -2.35. The number of benzene rings is 1. The van der Waals surface area contributed by atoms with Crippen LogP contribution < -0.4 is 10.0 Å². The number of nitrogens with zero attached hydrogens (tertiary/aromatic N) is 3. The van der Waals surface area contributed by atoms with Crippen LogP contribution in [0.3, 0.4) is 0 Å². The van der Waals surface area contributed by atoms with E-state index in [2.05, 4.69) is 15.1 Å². The van der Waals surface area contributed by atoms with E-state index in [9.17, 15) is 17.6 Å². The molecule has 1 aliphatic heterocycles. The van der Waals surface area contributed by atoms with E-state index in [1.807, 2.05) is 24.7 Å². The second-order valence-corrected chi connectivity index (χ2v) is 10.3. The van der Waals surface area contributed by atoms with Crippen molar-refractivity contribution in [2.75, 3.05) is 12.4 Å². The van der Waals surface area contributed by atoms with Gasteiger partial charge in [-0.25, -0.2) is 4.39 Å². The maximum absolute atomic E-state index is 13.4. The SMILES string of the molecule is CN1[C@H](C(=O)Nc2ccc(F)c(Cl)c2)C[C@H](c2cc(-c3cnn(C)c3)cs2)NS1(=O)=O.